The number of hydrogen-bond acceptors (Lipinski definition) is 16. The van der Waals surface area contributed by atoms with Crippen LogP contribution in [0.3, 0.4) is 0 Å². The topological polar surface area (TPSA) is 203 Å². The van der Waals surface area contributed by atoms with Crippen molar-refractivity contribution in [1.29, 1.82) is 0 Å². The van der Waals surface area contributed by atoms with Crippen LogP contribution < -0.4 is 0 Å². The lowest BCUT2D eigenvalue weighted by Crippen LogP contribution is -2.28. The van der Waals surface area contributed by atoms with Crippen LogP contribution >= 0.6 is 0 Å². The van der Waals surface area contributed by atoms with Gasteiger partial charge in [0.25, 0.3) is 0 Å². The molecule has 45 heavy (non-hydrogen) atoms. The predicted molar refractivity (Wildman–Crippen MR) is 151 cm³/mol. The smallest absolute Gasteiger partial charge is 0.459 e. The molecule has 0 rings (SSSR count). The van der Waals surface area contributed by atoms with Gasteiger partial charge in [0.1, 0.15) is 52.9 Å². The normalized spacial score (nSPS) is 11.6. The van der Waals surface area contributed by atoms with Crippen LogP contribution in [0, 0.1) is 0 Å². The van der Waals surface area contributed by atoms with Crippen LogP contribution in [0.4, 0.5) is 9.59 Å². The summed E-state index contributed by atoms with van der Waals surface area (Å²) in [5, 5.41) is 0. The Morgan fingerprint density at radius 1 is 0.489 bits per heavy atom. The fourth-order valence-electron chi connectivity index (χ4n) is 2.30. The molecule has 1 unspecified atom stereocenters. The van der Waals surface area contributed by atoms with Crippen LogP contribution in [0.15, 0.2) is 47.6 Å². The molecule has 0 fully saturated rings. The summed E-state index contributed by atoms with van der Waals surface area (Å²) >= 11 is 0. The highest BCUT2D eigenvalue weighted by atomic mass is 16.7. The number of rotatable bonds is 19. The van der Waals surface area contributed by atoms with Crippen molar-refractivity contribution >= 4 is 42.2 Å². The van der Waals surface area contributed by atoms with Gasteiger partial charge in [-0.2, -0.15) is 0 Å². The van der Waals surface area contributed by atoms with E-state index in [0.29, 0.717) is 0 Å². The van der Waals surface area contributed by atoms with Gasteiger partial charge in [0.2, 0.25) is 0 Å². The zero-order valence-corrected chi connectivity index (χ0v) is 25.8. The maximum Gasteiger partial charge on any atom is 0.509 e. The second kappa shape index (κ2) is 22.4. The highest BCUT2D eigenvalue weighted by Gasteiger charge is 2.20. The van der Waals surface area contributed by atoms with Crippen molar-refractivity contribution in [3.63, 3.8) is 0 Å². The van der Waals surface area contributed by atoms with E-state index < -0.39 is 48.3 Å². The Kier molecular flexibility index (Phi) is 19.8. The minimum atomic E-state index is -1.32. The highest BCUT2D eigenvalue weighted by molar-refractivity contribution is 5.90. The third-order valence-electron chi connectivity index (χ3n) is 4.70. The van der Waals surface area contributed by atoms with Crippen LogP contribution in [0.5, 0.6) is 0 Å². The second-order valence-corrected chi connectivity index (χ2v) is 8.78. The molecule has 16 nitrogen and oxygen atoms in total. The first-order valence-corrected chi connectivity index (χ1v) is 13.3. The molecule has 0 aromatic heterocycles. The number of hydrogen-bond donors (Lipinski definition) is 0. The van der Waals surface area contributed by atoms with Crippen LogP contribution in [0.2, 0.25) is 0 Å². The first kappa shape index (κ1) is 39.8. The average Bonchev–Trinajstić information content (AvgIpc) is 2.99. The van der Waals surface area contributed by atoms with E-state index in [1.54, 1.807) is 0 Å². The molecule has 0 spiro atoms. The summed E-state index contributed by atoms with van der Waals surface area (Å²) in [6.07, 6.45) is -0.966. The van der Waals surface area contributed by atoms with Crippen LogP contribution in [0.1, 0.15) is 34.6 Å². The van der Waals surface area contributed by atoms with Crippen LogP contribution in [-0.4, -0.2) is 101 Å². The molecule has 0 amide bonds. The molecular weight excluding hydrogens is 604 g/mol. The predicted octanol–water partition coefficient (Wildman–Crippen LogP) is 2.44. The molecule has 1 atom stereocenters. The van der Waals surface area contributed by atoms with Gasteiger partial charge in [-0.3, -0.25) is 0 Å². The van der Waals surface area contributed by atoms with E-state index in [-0.39, 0.29) is 75.1 Å². The molecular formula is C29H38O16. The third kappa shape index (κ3) is 19.6. The number of esters is 5. The molecule has 0 aliphatic carbocycles. The molecule has 250 valence electrons. The summed E-state index contributed by atoms with van der Waals surface area (Å²) in [4.78, 5) is 81.5. The zero-order valence-electron chi connectivity index (χ0n) is 25.8. The lowest BCUT2D eigenvalue weighted by molar-refractivity contribution is -0.158. The minimum Gasteiger partial charge on any atom is -0.459 e. The molecule has 0 heterocycles. The van der Waals surface area contributed by atoms with Gasteiger partial charge in [0.05, 0.1) is 0 Å². The molecule has 0 radical (unpaired) electrons. The number of ether oxygens (including phenoxy) is 9. The lowest BCUT2D eigenvalue weighted by atomic mass is 10.2. The number of carbonyl (C=O) groups excluding carboxylic acids is 7. The Morgan fingerprint density at radius 2 is 0.800 bits per heavy atom. The van der Waals surface area contributed by atoms with Crippen LogP contribution in [-0.2, 0) is 66.6 Å². The van der Waals surface area contributed by atoms with Gasteiger partial charge in [-0.1, -0.05) is 25.3 Å². The van der Waals surface area contributed by atoms with E-state index in [1.807, 2.05) is 0 Å². The van der Waals surface area contributed by atoms with Gasteiger partial charge >= 0.3 is 42.2 Å². The second-order valence-electron chi connectivity index (χ2n) is 8.78. The Morgan fingerprint density at radius 3 is 1.18 bits per heavy atom. The Balaban J connectivity index is 4.22. The van der Waals surface area contributed by atoms with Gasteiger partial charge in [-0.15, -0.1) is 0 Å². The third-order valence-corrected chi connectivity index (χ3v) is 4.70. The summed E-state index contributed by atoms with van der Waals surface area (Å²) in [5.74, 6) is -3.67. The lowest BCUT2D eigenvalue weighted by Gasteiger charge is -2.13. The summed E-state index contributed by atoms with van der Waals surface area (Å²) in [6, 6.07) is 0. The van der Waals surface area contributed by atoms with Crippen molar-refractivity contribution in [3.8, 4) is 0 Å². The highest BCUT2D eigenvalue weighted by Crippen LogP contribution is 2.04. The molecule has 0 N–H and O–H groups in total. The van der Waals surface area contributed by atoms with E-state index in [2.05, 4.69) is 17.9 Å². The molecule has 0 aliphatic rings. The Bertz CT molecular complexity index is 1160. The van der Waals surface area contributed by atoms with Gasteiger partial charge in [-0.05, 0) is 34.6 Å². The van der Waals surface area contributed by atoms with Crippen molar-refractivity contribution in [3.05, 3.63) is 47.6 Å². The number of carbonyl (C=O) groups is 7. The van der Waals surface area contributed by atoms with Gasteiger partial charge in [0, 0.05) is 22.3 Å². The molecule has 0 aromatic rings. The summed E-state index contributed by atoms with van der Waals surface area (Å²) in [5.41, 5.74) is 0.613. The van der Waals surface area contributed by atoms with Crippen molar-refractivity contribution < 1.29 is 76.2 Å². The summed E-state index contributed by atoms with van der Waals surface area (Å²) in [6.45, 7) is 11.7. The van der Waals surface area contributed by atoms with E-state index in [4.69, 9.17) is 37.9 Å². The quantitative estimate of drug-likeness (QED) is 0.0652. The maximum atomic E-state index is 12.1. The largest absolute Gasteiger partial charge is 0.509 e. The standard InChI is InChI=1S/C29H38O16/c1-18(2)23(30)37-10-11-41-27(34)22(7)45-29(36)44-17-14-40-26(33)21(6)9-8-20(5)25(32)39-13-16-43-28(35)42-15-12-38-24(31)19(3)4/h8-9,22H,1,3,10-17H2,2,4-7H3. The van der Waals surface area contributed by atoms with E-state index >= 15 is 0 Å². The maximum absolute atomic E-state index is 12.1. The number of allylic oxidation sites excluding steroid dienone is 2. The first-order chi connectivity index (χ1) is 21.1. The molecule has 0 saturated carbocycles. The van der Waals surface area contributed by atoms with E-state index in [0.717, 1.165) is 0 Å². The van der Waals surface area contributed by atoms with Gasteiger partial charge in [-0.25, -0.2) is 33.6 Å². The SMILES string of the molecule is C=C(C)C(=O)OCCOC(=O)OCCOC(=O)C(C)=CC=C(C)C(=O)OCCOC(=O)OC(C)C(=O)OCCOC(=O)C(=C)C. The van der Waals surface area contributed by atoms with E-state index in [1.165, 1.54) is 46.8 Å². The molecule has 0 aliphatic heterocycles. The first-order valence-electron chi connectivity index (χ1n) is 13.3. The fraction of sp³-hybridized carbons (Fsp3) is 0.483. The Hall–Kier alpha value is -5.15. The van der Waals surface area contributed by atoms with Crippen LogP contribution in [0.25, 0.3) is 0 Å². The molecule has 0 saturated heterocycles. The molecule has 0 bridgehead atoms. The summed E-state index contributed by atoms with van der Waals surface area (Å²) in [7, 11) is 0. The van der Waals surface area contributed by atoms with Crippen molar-refractivity contribution in [1.82, 2.24) is 0 Å². The zero-order chi connectivity index (χ0) is 34.4. The molecule has 16 heteroatoms. The average molecular weight is 643 g/mol. The summed E-state index contributed by atoms with van der Waals surface area (Å²) < 4.78 is 43.0. The van der Waals surface area contributed by atoms with Gasteiger partial charge < -0.3 is 42.6 Å². The van der Waals surface area contributed by atoms with Gasteiger partial charge in [0.15, 0.2) is 6.10 Å². The van der Waals surface area contributed by atoms with Crippen molar-refractivity contribution in [2.75, 3.05) is 52.9 Å². The monoisotopic (exact) mass is 642 g/mol. The minimum absolute atomic E-state index is 0.107. The van der Waals surface area contributed by atoms with Crippen molar-refractivity contribution in [2.24, 2.45) is 0 Å². The van der Waals surface area contributed by atoms with E-state index in [9.17, 15) is 33.6 Å². The fourth-order valence-corrected chi connectivity index (χ4v) is 2.30. The Labute approximate surface area is 259 Å². The van der Waals surface area contributed by atoms with Crippen molar-refractivity contribution in [2.45, 2.75) is 40.7 Å². The molecule has 0 aromatic carbocycles.